The van der Waals surface area contributed by atoms with E-state index in [0.29, 0.717) is 6.54 Å². The van der Waals surface area contributed by atoms with Gasteiger partial charge in [-0.15, -0.1) is 0 Å². The predicted octanol–water partition coefficient (Wildman–Crippen LogP) is 9.45. The van der Waals surface area contributed by atoms with Crippen LogP contribution in [0.2, 0.25) is 0 Å². The van der Waals surface area contributed by atoms with E-state index in [-0.39, 0.29) is 0 Å². The van der Waals surface area contributed by atoms with Crippen LogP contribution in [0.25, 0.3) is 71.7 Å². The van der Waals surface area contributed by atoms with E-state index in [1.165, 1.54) is 32.9 Å². The highest BCUT2D eigenvalue weighted by atomic mass is 16.3. The van der Waals surface area contributed by atoms with Crippen LogP contribution in [0.5, 0.6) is 0 Å². The Labute approximate surface area is 242 Å². The van der Waals surface area contributed by atoms with Crippen molar-refractivity contribution in [2.45, 2.75) is 6.54 Å². The minimum atomic E-state index is 0.716. The lowest BCUT2D eigenvalue weighted by Gasteiger charge is -2.09. The molecule has 1 aliphatic rings. The van der Waals surface area contributed by atoms with Gasteiger partial charge in [0, 0.05) is 67.7 Å². The molecule has 2 N–H and O–H groups in total. The molecule has 198 valence electrons. The number of para-hydroxylation sites is 2. The van der Waals surface area contributed by atoms with Crippen molar-refractivity contribution in [1.82, 2.24) is 9.55 Å². The molecule has 0 atom stereocenters. The highest BCUT2D eigenvalue weighted by Gasteiger charge is 2.26. The van der Waals surface area contributed by atoms with Gasteiger partial charge in [0.2, 0.25) is 0 Å². The number of allylic oxidation sites excluding steroid dienone is 1. The van der Waals surface area contributed by atoms with Crippen molar-refractivity contribution < 1.29 is 4.42 Å². The second-order valence-electron chi connectivity index (χ2n) is 11.0. The van der Waals surface area contributed by atoms with Crippen LogP contribution in [0.3, 0.4) is 0 Å². The summed E-state index contributed by atoms with van der Waals surface area (Å²) < 4.78 is 8.48. The van der Waals surface area contributed by atoms with E-state index < -0.39 is 0 Å². The van der Waals surface area contributed by atoms with Crippen LogP contribution in [0.15, 0.2) is 132 Å². The van der Waals surface area contributed by atoms with E-state index >= 15 is 0 Å². The van der Waals surface area contributed by atoms with Crippen LogP contribution in [-0.2, 0) is 6.54 Å². The summed E-state index contributed by atoms with van der Waals surface area (Å²) >= 11 is 0. The molecule has 42 heavy (non-hydrogen) atoms. The van der Waals surface area contributed by atoms with Gasteiger partial charge in [0.05, 0.1) is 5.69 Å². The first-order valence-corrected chi connectivity index (χ1v) is 14.2. The molecule has 0 aliphatic heterocycles. The van der Waals surface area contributed by atoms with E-state index in [2.05, 4.69) is 95.6 Å². The molecule has 3 aromatic heterocycles. The lowest BCUT2D eigenvalue weighted by molar-refractivity contribution is 0.669. The maximum absolute atomic E-state index is 6.52. The third kappa shape index (κ3) is 3.26. The summed E-state index contributed by atoms with van der Waals surface area (Å²) in [5.74, 6) is 0. The van der Waals surface area contributed by atoms with Gasteiger partial charge in [0.25, 0.3) is 0 Å². The first kappa shape index (κ1) is 23.1. The maximum Gasteiger partial charge on any atom is 0.135 e. The summed E-state index contributed by atoms with van der Waals surface area (Å²) in [6.45, 7) is 0.716. The normalized spacial score (nSPS) is 13.5. The van der Waals surface area contributed by atoms with Gasteiger partial charge in [-0.1, -0.05) is 72.8 Å². The second-order valence-corrected chi connectivity index (χ2v) is 11.0. The number of benzene rings is 5. The molecule has 0 radical (unpaired) electrons. The number of furan rings is 1. The molecule has 0 saturated carbocycles. The van der Waals surface area contributed by atoms with Crippen LogP contribution in [0, 0.1) is 0 Å². The summed E-state index contributed by atoms with van der Waals surface area (Å²) in [6.07, 6.45) is 4.16. The van der Waals surface area contributed by atoms with Crippen molar-refractivity contribution in [2.24, 2.45) is 0 Å². The van der Waals surface area contributed by atoms with E-state index in [4.69, 9.17) is 15.1 Å². The van der Waals surface area contributed by atoms with Crippen molar-refractivity contribution >= 4 is 55.0 Å². The van der Waals surface area contributed by atoms with Gasteiger partial charge in [-0.25, -0.2) is 0 Å². The van der Waals surface area contributed by atoms with Gasteiger partial charge in [-0.2, -0.15) is 0 Å². The van der Waals surface area contributed by atoms with E-state index in [1.54, 1.807) is 0 Å². The Bertz CT molecular complexity index is 2410. The Morgan fingerprint density at radius 2 is 1.38 bits per heavy atom. The molecule has 0 spiro atoms. The fourth-order valence-electron chi connectivity index (χ4n) is 6.77. The highest BCUT2D eigenvalue weighted by Crippen LogP contribution is 2.46. The Morgan fingerprint density at radius 3 is 2.31 bits per heavy atom. The third-order valence-electron chi connectivity index (χ3n) is 8.68. The van der Waals surface area contributed by atoms with Gasteiger partial charge in [-0.3, -0.25) is 4.98 Å². The molecule has 4 nitrogen and oxygen atoms in total. The van der Waals surface area contributed by atoms with Gasteiger partial charge < -0.3 is 14.7 Å². The van der Waals surface area contributed by atoms with Crippen molar-refractivity contribution in [2.75, 3.05) is 5.73 Å². The summed E-state index contributed by atoms with van der Waals surface area (Å²) in [4.78, 5) is 4.70. The van der Waals surface area contributed by atoms with Crippen molar-refractivity contribution in [3.05, 3.63) is 139 Å². The molecule has 4 heteroatoms. The van der Waals surface area contributed by atoms with Gasteiger partial charge in [0.1, 0.15) is 11.2 Å². The Hall–Kier alpha value is -5.61. The minimum absolute atomic E-state index is 0.716. The zero-order valence-corrected chi connectivity index (χ0v) is 22.7. The van der Waals surface area contributed by atoms with Crippen LogP contribution < -0.4 is 5.73 Å². The summed E-state index contributed by atoms with van der Waals surface area (Å²) in [6, 6.07) is 40.5. The molecule has 8 aromatic rings. The van der Waals surface area contributed by atoms with E-state index in [0.717, 1.165) is 55.6 Å². The fraction of sp³-hybridized carbons (Fsp3) is 0.0263. The molecular formula is C38H25N3O. The number of fused-ring (bicyclic) bond motifs is 9. The standard InChI is InChI=1S/C38H25N3O/c39-32-11-5-9-29-37(32)27(28-10-6-19-40-38(28)29)18-20-41-33-12-3-1-7-25(33)30-21-23(14-16-34(30)41)24-15-17-36-31(22-24)26-8-2-4-13-35(26)42-36/h1-19,21-22H,20,39H2/b27-18-. The summed E-state index contributed by atoms with van der Waals surface area (Å²) in [5.41, 5.74) is 19.4. The number of aromatic nitrogens is 2. The number of nitrogen functional groups attached to an aromatic ring is 1. The number of hydrogen-bond acceptors (Lipinski definition) is 3. The minimum Gasteiger partial charge on any atom is -0.456 e. The molecule has 5 aromatic carbocycles. The monoisotopic (exact) mass is 539 g/mol. The smallest absolute Gasteiger partial charge is 0.135 e. The SMILES string of the molecule is Nc1cccc2c1/C(=C\Cn1c3ccccc3c3cc(-c4ccc5oc6ccccc6c5c4)ccc31)c1cccnc1-2. The van der Waals surface area contributed by atoms with Crippen LogP contribution in [-0.4, -0.2) is 9.55 Å². The van der Waals surface area contributed by atoms with E-state index in [9.17, 15) is 0 Å². The topological polar surface area (TPSA) is 57.0 Å². The molecule has 0 bridgehead atoms. The zero-order valence-electron chi connectivity index (χ0n) is 22.7. The van der Waals surface area contributed by atoms with Gasteiger partial charge in [0.15, 0.2) is 0 Å². The van der Waals surface area contributed by atoms with Crippen molar-refractivity contribution in [3.63, 3.8) is 0 Å². The quantitative estimate of drug-likeness (QED) is 0.228. The average Bonchev–Trinajstić information content (AvgIpc) is 3.68. The first-order valence-electron chi connectivity index (χ1n) is 14.2. The third-order valence-corrected chi connectivity index (χ3v) is 8.68. The number of hydrogen-bond donors (Lipinski definition) is 1. The molecule has 1 aliphatic carbocycles. The molecule has 0 unspecified atom stereocenters. The lowest BCUT2D eigenvalue weighted by atomic mass is 10.0. The molecule has 0 fully saturated rings. The number of pyridine rings is 1. The largest absolute Gasteiger partial charge is 0.456 e. The fourth-order valence-corrected chi connectivity index (χ4v) is 6.77. The number of nitrogens with two attached hydrogens (primary N) is 1. The highest BCUT2D eigenvalue weighted by molar-refractivity contribution is 6.11. The number of nitrogens with zero attached hydrogens (tertiary/aromatic N) is 2. The van der Waals surface area contributed by atoms with Gasteiger partial charge >= 0.3 is 0 Å². The maximum atomic E-state index is 6.52. The van der Waals surface area contributed by atoms with E-state index in [1.807, 2.05) is 36.5 Å². The molecule has 3 heterocycles. The molecular weight excluding hydrogens is 514 g/mol. The van der Waals surface area contributed by atoms with Crippen molar-refractivity contribution in [1.29, 1.82) is 0 Å². The second kappa shape index (κ2) is 8.69. The van der Waals surface area contributed by atoms with Crippen LogP contribution in [0.4, 0.5) is 5.69 Å². The molecule has 0 amide bonds. The lowest BCUT2D eigenvalue weighted by Crippen LogP contribution is -1.97. The zero-order chi connectivity index (χ0) is 27.8. The summed E-state index contributed by atoms with van der Waals surface area (Å²) in [7, 11) is 0. The Balaban J connectivity index is 1.19. The Morgan fingerprint density at radius 1 is 0.643 bits per heavy atom. The molecule has 0 saturated heterocycles. The van der Waals surface area contributed by atoms with Crippen molar-refractivity contribution in [3.8, 4) is 22.4 Å². The first-order chi connectivity index (χ1) is 20.7. The average molecular weight is 540 g/mol. The predicted molar refractivity (Wildman–Crippen MR) is 173 cm³/mol. The number of anilines is 1. The molecule has 9 rings (SSSR count). The summed E-state index contributed by atoms with van der Waals surface area (Å²) in [5, 5.41) is 4.78. The van der Waals surface area contributed by atoms with Crippen LogP contribution >= 0.6 is 0 Å². The Kier molecular flexibility index (Phi) is 4.79. The van der Waals surface area contributed by atoms with Gasteiger partial charge in [-0.05, 0) is 65.2 Å². The van der Waals surface area contributed by atoms with Crippen LogP contribution in [0.1, 0.15) is 11.1 Å². The number of rotatable bonds is 3.